The minimum atomic E-state index is -0.389. The highest BCUT2D eigenvalue weighted by atomic mass is 35.5. The maximum atomic E-state index is 11.9. The zero-order valence-corrected chi connectivity index (χ0v) is 12.4. The molecule has 0 aromatic heterocycles. The summed E-state index contributed by atoms with van der Waals surface area (Å²) in [6.45, 7) is 0. The number of ether oxygens (including phenoxy) is 1. The third-order valence-corrected chi connectivity index (χ3v) is 3.62. The molecule has 0 bridgehead atoms. The highest BCUT2D eigenvalue weighted by Crippen LogP contribution is 2.29. The average Bonchev–Trinajstić information content (AvgIpc) is 2.84. The minimum Gasteiger partial charge on any atom is -0.422 e. The van der Waals surface area contributed by atoms with Gasteiger partial charge < -0.3 is 4.74 Å². The number of carbonyl (C=O) groups is 1. The third kappa shape index (κ3) is 3.02. The van der Waals surface area contributed by atoms with Crippen molar-refractivity contribution in [1.82, 2.24) is 0 Å². The molecule has 0 saturated heterocycles. The number of rotatable bonds is 2. The molecule has 1 heterocycles. The molecule has 4 heteroatoms. The fraction of sp³-hybridized carbons (Fsp3) is 0. The summed E-state index contributed by atoms with van der Waals surface area (Å²) in [7, 11) is 0. The Morgan fingerprint density at radius 3 is 2.48 bits per heavy atom. The molecule has 0 atom stereocenters. The van der Waals surface area contributed by atoms with Crippen LogP contribution in [0.4, 0.5) is 0 Å². The summed E-state index contributed by atoms with van der Waals surface area (Å²) in [6.07, 6.45) is 3.40. The molecular weight excluding hydrogens is 307 g/mol. The van der Waals surface area contributed by atoms with Gasteiger partial charge in [-0.15, -0.1) is 0 Å². The second-order valence-electron chi connectivity index (χ2n) is 4.53. The number of halogens is 2. The molecule has 104 valence electrons. The molecule has 2 aromatic rings. The van der Waals surface area contributed by atoms with Crippen molar-refractivity contribution in [2.45, 2.75) is 0 Å². The summed E-state index contributed by atoms with van der Waals surface area (Å²) >= 11 is 12.0. The van der Waals surface area contributed by atoms with Gasteiger partial charge in [-0.3, -0.25) is 0 Å². The highest BCUT2D eigenvalue weighted by molar-refractivity contribution is 6.35. The molecule has 0 fully saturated rings. The van der Waals surface area contributed by atoms with E-state index < -0.39 is 0 Å². The van der Waals surface area contributed by atoms with E-state index in [-0.39, 0.29) is 5.97 Å². The Labute approximate surface area is 132 Å². The lowest BCUT2D eigenvalue weighted by atomic mass is 10.1. The second-order valence-corrected chi connectivity index (χ2v) is 5.37. The molecule has 1 aliphatic rings. The molecule has 2 nitrogen and oxygen atoms in total. The predicted octanol–water partition coefficient (Wildman–Crippen LogP) is 4.97. The van der Waals surface area contributed by atoms with Gasteiger partial charge in [0.2, 0.25) is 0 Å². The summed E-state index contributed by atoms with van der Waals surface area (Å²) in [4.78, 5) is 11.9. The fourth-order valence-electron chi connectivity index (χ4n) is 2.02. The summed E-state index contributed by atoms with van der Waals surface area (Å²) in [5.41, 5.74) is 2.04. The van der Waals surface area contributed by atoms with Crippen molar-refractivity contribution in [2.24, 2.45) is 0 Å². The first-order valence-electron chi connectivity index (χ1n) is 6.29. The van der Waals surface area contributed by atoms with E-state index in [1.54, 1.807) is 30.4 Å². The van der Waals surface area contributed by atoms with Gasteiger partial charge in [-0.1, -0.05) is 59.6 Å². The van der Waals surface area contributed by atoms with Crippen LogP contribution in [-0.2, 0) is 9.53 Å². The maximum absolute atomic E-state index is 11.9. The van der Waals surface area contributed by atoms with E-state index in [1.165, 1.54) is 0 Å². The fourth-order valence-corrected chi connectivity index (χ4v) is 2.48. The number of hydrogen-bond acceptors (Lipinski definition) is 2. The average molecular weight is 317 g/mol. The monoisotopic (exact) mass is 316 g/mol. The first kappa shape index (κ1) is 13.9. The van der Waals surface area contributed by atoms with Crippen LogP contribution in [0, 0.1) is 0 Å². The van der Waals surface area contributed by atoms with Crippen molar-refractivity contribution in [3.8, 4) is 0 Å². The smallest absolute Gasteiger partial charge is 0.343 e. The second kappa shape index (κ2) is 5.76. The summed E-state index contributed by atoms with van der Waals surface area (Å²) < 4.78 is 5.28. The Kier molecular flexibility index (Phi) is 3.82. The van der Waals surface area contributed by atoms with Crippen molar-refractivity contribution < 1.29 is 9.53 Å². The topological polar surface area (TPSA) is 26.3 Å². The van der Waals surface area contributed by atoms with Crippen LogP contribution in [0.3, 0.4) is 0 Å². The van der Waals surface area contributed by atoms with Crippen LogP contribution in [0.2, 0.25) is 10.0 Å². The van der Waals surface area contributed by atoms with Crippen LogP contribution in [0.5, 0.6) is 0 Å². The predicted molar refractivity (Wildman–Crippen MR) is 85.0 cm³/mol. The van der Waals surface area contributed by atoms with Gasteiger partial charge in [0.05, 0.1) is 5.57 Å². The molecule has 0 spiro atoms. The van der Waals surface area contributed by atoms with Crippen LogP contribution < -0.4 is 0 Å². The lowest BCUT2D eigenvalue weighted by Gasteiger charge is -2.00. The van der Waals surface area contributed by atoms with E-state index in [1.807, 2.05) is 30.3 Å². The van der Waals surface area contributed by atoms with E-state index in [2.05, 4.69) is 0 Å². The van der Waals surface area contributed by atoms with Gasteiger partial charge in [0.15, 0.2) is 0 Å². The van der Waals surface area contributed by atoms with Crippen LogP contribution in [0.25, 0.3) is 11.8 Å². The molecule has 0 saturated carbocycles. The molecule has 0 N–H and O–H groups in total. The number of carbonyl (C=O) groups excluding carboxylic acids is 1. The summed E-state index contributed by atoms with van der Waals surface area (Å²) in [5, 5.41) is 1.04. The molecule has 3 rings (SSSR count). The Hall–Kier alpha value is -2.03. The van der Waals surface area contributed by atoms with Crippen LogP contribution in [-0.4, -0.2) is 5.97 Å². The molecule has 2 aromatic carbocycles. The molecular formula is C17H10Cl2O2. The standard InChI is InChI=1S/C17H10Cl2O2/c18-14-7-6-12(15(19)10-14)8-13-9-16(21-17(13)20)11-4-2-1-3-5-11/h1-10H. The van der Waals surface area contributed by atoms with Gasteiger partial charge in [0, 0.05) is 15.6 Å². The molecule has 21 heavy (non-hydrogen) atoms. The number of benzene rings is 2. The van der Waals surface area contributed by atoms with E-state index in [0.717, 1.165) is 11.1 Å². The Balaban J connectivity index is 1.97. The van der Waals surface area contributed by atoms with Crippen molar-refractivity contribution in [1.29, 1.82) is 0 Å². The van der Waals surface area contributed by atoms with Gasteiger partial charge in [-0.2, -0.15) is 0 Å². The quantitative estimate of drug-likeness (QED) is 0.577. The lowest BCUT2D eigenvalue weighted by molar-refractivity contribution is -0.130. The number of esters is 1. The SMILES string of the molecule is O=C1OC(c2ccccc2)=CC1=Cc1ccc(Cl)cc1Cl. The van der Waals surface area contributed by atoms with E-state index in [4.69, 9.17) is 27.9 Å². The summed E-state index contributed by atoms with van der Waals surface area (Å²) in [6, 6.07) is 14.6. The Morgan fingerprint density at radius 1 is 1.00 bits per heavy atom. The van der Waals surface area contributed by atoms with Gasteiger partial charge in [0.1, 0.15) is 5.76 Å². The normalized spacial score (nSPS) is 16.0. The van der Waals surface area contributed by atoms with E-state index in [9.17, 15) is 4.79 Å². The zero-order valence-electron chi connectivity index (χ0n) is 10.8. The van der Waals surface area contributed by atoms with Gasteiger partial charge >= 0.3 is 5.97 Å². The highest BCUT2D eigenvalue weighted by Gasteiger charge is 2.22. The first-order valence-corrected chi connectivity index (χ1v) is 7.05. The molecule has 0 radical (unpaired) electrons. The molecule has 1 aliphatic heterocycles. The van der Waals surface area contributed by atoms with Gasteiger partial charge in [-0.05, 0) is 29.8 Å². The van der Waals surface area contributed by atoms with Crippen LogP contribution in [0.1, 0.15) is 11.1 Å². The molecule has 0 unspecified atom stereocenters. The lowest BCUT2D eigenvalue weighted by Crippen LogP contribution is -1.97. The zero-order chi connectivity index (χ0) is 14.8. The van der Waals surface area contributed by atoms with Gasteiger partial charge in [0.25, 0.3) is 0 Å². The summed E-state index contributed by atoms with van der Waals surface area (Å²) in [5.74, 6) is 0.150. The van der Waals surface area contributed by atoms with Crippen LogP contribution >= 0.6 is 23.2 Å². The number of hydrogen-bond donors (Lipinski definition) is 0. The first-order chi connectivity index (χ1) is 10.1. The largest absolute Gasteiger partial charge is 0.422 e. The van der Waals surface area contributed by atoms with Crippen molar-refractivity contribution in [3.63, 3.8) is 0 Å². The Bertz CT molecular complexity index is 762. The van der Waals surface area contributed by atoms with Crippen molar-refractivity contribution >= 4 is 41.0 Å². The molecule has 0 amide bonds. The van der Waals surface area contributed by atoms with Crippen LogP contribution in [0.15, 0.2) is 60.2 Å². The van der Waals surface area contributed by atoms with Crippen molar-refractivity contribution in [3.05, 3.63) is 81.4 Å². The molecule has 0 aliphatic carbocycles. The van der Waals surface area contributed by atoms with Gasteiger partial charge in [-0.25, -0.2) is 4.79 Å². The maximum Gasteiger partial charge on any atom is 0.343 e. The van der Waals surface area contributed by atoms with E-state index in [0.29, 0.717) is 21.4 Å². The van der Waals surface area contributed by atoms with Crippen molar-refractivity contribution in [2.75, 3.05) is 0 Å². The Morgan fingerprint density at radius 2 is 1.76 bits per heavy atom. The third-order valence-electron chi connectivity index (χ3n) is 3.06. The minimum absolute atomic E-state index is 0.389. The van der Waals surface area contributed by atoms with E-state index >= 15 is 0 Å². The number of cyclic esters (lactones) is 1.